The van der Waals surface area contributed by atoms with Crippen LogP contribution in [-0.4, -0.2) is 27.1 Å². The fourth-order valence-electron chi connectivity index (χ4n) is 2.84. The fourth-order valence-corrected chi connectivity index (χ4v) is 3.06. The SMILES string of the molecule is O=C(Nc1ccc(OC(F)F)c(Cl)c1)c1cc2nc(C3CC3)cc(C(F)F)n2n1. The van der Waals surface area contributed by atoms with Gasteiger partial charge in [-0.15, -0.1) is 0 Å². The van der Waals surface area contributed by atoms with E-state index in [9.17, 15) is 22.4 Å². The summed E-state index contributed by atoms with van der Waals surface area (Å²) in [6.07, 6.45) is -1.01. The number of anilines is 1. The van der Waals surface area contributed by atoms with E-state index in [0.29, 0.717) is 5.69 Å². The Bertz CT molecular complexity index is 1090. The summed E-state index contributed by atoms with van der Waals surface area (Å²) < 4.78 is 56.6. The molecule has 1 N–H and O–H groups in total. The van der Waals surface area contributed by atoms with Crippen LogP contribution >= 0.6 is 11.6 Å². The maximum Gasteiger partial charge on any atom is 0.387 e. The van der Waals surface area contributed by atoms with Crippen LogP contribution < -0.4 is 10.1 Å². The Hall–Kier alpha value is -2.88. The number of alkyl halides is 4. The summed E-state index contributed by atoms with van der Waals surface area (Å²) in [6.45, 7) is -3.04. The second-order valence-electron chi connectivity index (χ2n) is 6.46. The van der Waals surface area contributed by atoms with E-state index in [-0.39, 0.29) is 39.4 Å². The molecule has 6 nitrogen and oxygen atoms in total. The minimum atomic E-state index is -3.04. The van der Waals surface area contributed by atoms with Gasteiger partial charge in [0.2, 0.25) is 0 Å². The fraction of sp³-hybridized carbons (Fsp3) is 0.278. The Kier molecular flexibility index (Phi) is 5.03. The number of hydrogen-bond donors (Lipinski definition) is 1. The molecule has 2 heterocycles. The first-order chi connectivity index (χ1) is 13.8. The quantitative estimate of drug-likeness (QED) is 0.558. The first-order valence-electron chi connectivity index (χ1n) is 8.56. The normalized spacial score (nSPS) is 14.0. The summed E-state index contributed by atoms with van der Waals surface area (Å²) in [7, 11) is 0. The molecule has 152 valence electrons. The average molecular weight is 429 g/mol. The largest absolute Gasteiger partial charge is 0.433 e. The number of nitrogens with zero attached hydrogens (tertiary/aromatic N) is 3. The number of ether oxygens (including phenoxy) is 1. The molecule has 1 saturated carbocycles. The van der Waals surface area contributed by atoms with Crippen molar-refractivity contribution < 1.29 is 27.1 Å². The van der Waals surface area contributed by atoms with Gasteiger partial charge in [-0.1, -0.05) is 11.6 Å². The van der Waals surface area contributed by atoms with Gasteiger partial charge in [0.15, 0.2) is 11.3 Å². The lowest BCUT2D eigenvalue weighted by Gasteiger charge is -2.09. The smallest absolute Gasteiger partial charge is 0.387 e. The summed E-state index contributed by atoms with van der Waals surface area (Å²) in [5.74, 6) is -0.783. The molecule has 1 aliphatic carbocycles. The third-order valence-corrected chi connectivity index (χ3v) is 4.63. The number of nitrogens with one attached hydrogen (secondary N) is 1. The van der Waals surface area contributed by atoms with Crippen molar-refractivity contribution >= 4 is 28.8 Å². The molecule has 3 aromatic rings. The molecule has 1 fully saturated rings. The van der Waals surface area contributed by atoms with Gasteiger partial charge in [-0.25, -0.2) is 18.3 Å². The highest BCUT2D eigenvalue weighted by Crippen LogP contribution is 2.40. The highest BCUT2D eigenvalue weighted by Gasteiger charge is 2.28. The maximum atomic E-state index is 13.4. The zero-order valence-corrected chi connectivity index (χ0v) is 15.3. The van der Waals surface area contributed by atoms with Gasteiger partial charge in [-0.2, -0.15) is 13.9 Å². The number of rotatable bonds is 6. The van der Waals surface area contributed by atoms with Crippen LogP contribution in [0.3, 0.4) is 0 Å². The van der Waals surface area contributed by atoms with Crippen LogP contribution in [0.2, 0.25) is 5.02 Å². The molecule has 11 heteroatoms. The second-order valence-corrected chi connectivity index (χ2v) is 6.87. The lowest BCUT2D eigenvalue weighted by molar-refractivity contribution is -0.0497. The van der Waals surface area contributed by atoms with E-state index in [0.717, 1.165) is 17.4 Å². The summed E-state index contributed by atoms with van der Waals surface area (Å²) in [6, 6.07) is 6.33. The van der Waals surface area contributed by atoms with Gasteiger partial charge in [-0.3, -0.25) is 4.79 Å². The van der Waals surface area contributed by atoms with Crippen LogP contribution in [0.4, 0.5) is 23.2 Å². The van der Waals surface area contributed by atoms with Gasteiger partial charge in [0.05, 0.1) is 5.02 Å². The predicted molar refractivity (Wildman–Crippen MR) is 96.0 cm³/mol. The van der Waals surface area contributed by atoms with E-state index in [1.54, 1.807) is 0 Å². The van der Waals surface area contributed by atoms with Crippen molar-refractivity contribution in [3.05, 3.63) is 52.4 Å². The Labute approximate surface area is 166 Å². The first-order valence-corrected chi connectivity index (χ1v) is 8.94. The molecule has 0 radical (unpaired) electrons. The molecule has 0 aliphatic heterocycles. The first kappa shape index (κ1) is 19.4. The van der Waals surface area contributed by atoms with Crippen molar-refractivity contribution in [2.75, 3.05) is 5.32 Å². The van der Waals surface area contributed by atoms with E-state index in [4.69, 9.17) is 11.6 Å². The van der Waals surface area contributed by atoms with Crippen LogP contribution in [0.5, 0.6) is 5.75 Å². The lowest BCUT2D eigenvalue weighted by atomic mass is 10.2. The predicted octanol–water partition coefficient (Wildman–Crippen LogP) is 5.05. The minimum absolute atomic E-state index is 0.128. The molecular formula is C18H13ClF4N4O2. The number of halogens is 5. The Morgan fingerprint density at radius 2 is 1.97 bits per heavy atom. The molecule has 2 aromatic heterocycles. The topological polar surface area (TPSA) is 68.5 Å². The Morgan fingerprint density at radius 1 is 1.21 bits per heavy atom. The molecular weight excluding hydrogens is 416 g/mol. The maximum absolute atomic E-state index is 13.4. The summed E-state index contributed by atoms with van der Waals surface area (Å²) in [4.78, 5) is 16.8. The van der Waals surface area contributed by atoms with Crippen LogP contribution in [0, 0.1) is 0 Å². The Balaban J connectivity index is 1.60. The standard InChI is InChI=1S/C18H13ClF4N4O2/c19-10-5-9(3-4-14(10)29-18(22)23)24-17(28)12-7-15-25-11(8-1-2-8)6-13(16(20)21)27(15)26-12/h3-8,16,18H,1-2H2,(H,24,28). The summed E-state index contributed by atoms with van der Waals surface area (Å²) in [5, 5.41) is 6.29. The molecule has 0 atom stereocenters. The Morgan fingerprint density at radius 3 is 2.59 bits per heavy atom. The molecule has 0 spiro atoms. The van der Waals surface area contributed by atoms with Gasteiger partial charge in [-0.05, 0) is 37.1 Å². The van der Waals surface area contributed by atoms with Crippen LogP contribution in [-0.2, 0) is 0 Å². The second kappa shape index (κ2) is 7.51. The van der Waals surface area contributed by atoms with Crippen molar-refractivity contribution in [1.29, 1.82) is 0 Å². The highest BCUT2D eigenvalue weighted by molar-refractivity contribution is 6.32. The van der Waals surface area contributed by atoms with E-state index in [1.807, 2.05) is 0 Å². The van der Waals surface area contributed by atoms with Crippen LogP contribution in [0.15, 0.2) is 30.3 Å². The lowest BCUT2D eigenvalue weighted by Crippen LogP contribution is -2.13. The van der Waals surface area contributed by atoms with Crippen LogP contribution in [0.25, 0.3) is 5.65 Å². The van der Waals surface area contributed by atoms with Gasteiger partial charge in [0.1, 0.15) is 11.4 Å². The van der Waals surface area contributed by atoms with E-state index in [2.05, 4.69) is 20.1 Å². The number of amides is 1. The van der Waals surface area contributed by atoms with E-state index in [1.165, 1.54) is 30.3 Å². The number of carbonyl (C=O) groups is 1. The van der Waals surface area contributed by atoms with E-state index >= 15 is 0 Å². The van der Waals surface area contributed by atoms with Crippen LogP contribution in [0.1, 0.15) is 47.1 Å². The monoisotopic (exact) mass is 428 g/mol. The molecule has 29 heavy (non-hydrogen) atoms. The van der Waals surface area contributed by atoms with Crippen molar-refractivity contribution in [3.63, 3.8) is 0 Å². The molecule has 1 aliphatic rings. The molecule has 0 bridgehead atoms. The van der Waals surface area contributed by atoms with Gasteiger partial charge < -0.3 is 10.1 Å². The highest BCUT2D eigenvalue weighted by atomic mass is 35.5. The summed E-state index contributed by atoms with van der Waals surface area (Å²) in [5.41, 5.74) is 0.429. The number of carbonyl (C=O) groups excluding carboxylic acids is 1. The molecule has 0 unspecified atom stereocenters. The number of aromatic nitrogens is 3. The molecule has 1 amide bonds. The molecule has 0 saturated heterocycles. The molecule has 4 rings (SSSR count). The van der Waals surface area contributed by atoms with Gasteiger partial charge >= 0.3 is 6.61 Å². The van der Waals surface area contributed by atoms with Crippen molar-refractivity contribution in [1.82, 2.24) is 14.6 Å². The van der Waals surface area contributed by atoms with Crippen molar-refractivity contribution in [2.24, 2.45) is 0 Å². The number of hydrogen-bond acceptors (Lipinski definition) is 4. The molecule has 1 aromatic carbocycles. The summed E-state index contributed by atoms with van der Waals surface area (Å²) >= 11 is 5.85. The zero-order valence-electron chi connectivity index (χ0n) is 14.6. The van der Waals surface area contributed by atoms with Gasteiger partial charge in [0, 0.05) is 23.4 Å². The van der Waals surface area contributed by atoms with E-state index < -0.39 is 18.9 Å². The van der Waals surface area contributed by atoms with Crippen molar-refractivity contribution in [3.8, 4) is 5.75 Å². The number of fused-ring (bicyclic) bond motifs is 1. The number of benzene rings is 1. The zero-order chi connectivity index (χ0) is 20.7. The van der Waals surface area contributed by atoms with Crippen molar-refractivity contribution in [2.45, 2.75) is 31.8 Å². The third kappa shape index (κ3) is 4.12. The average Bonchev–Trinajstić information content (AvgIpc) is 3.41. The third-order valence-electron chi connectivity index (χ3n) is 4.33. The van der Waals surface area contributed by atoms with Gasteiger partial charge in [0.25, 0.3) is 12.3 Å². The minimum Gasteiger partial charge on any atom is -0.433 e.